The Morgan fingerprint density at radius 1 is 0.265 bits per heavy atom. The SMILES string of the molecule is CCCCCCCCCCc1ccc([S+](c2ccc(CCCCCCCCCC)cc2)c2ccc(CCCCCCCCCC)cc2)cc1. The van der Waals surface area contributed by atoms with E-state index in [-0.39, 0.29) is 10.9 Å². The summed E-state index contributed by atoms with van der Waals surface area (Å²) in [6.07, 6.45) is 36.9. The third-order valence-corrected chi connectivity index (χ3v) is 12.7. The molecule has 0 aliphatic heterocycles. The minimum Gasteiger partial charge on any atom is -0.0654 e. The van der Waals surface area contributed by atoms with Crippen LogP contribution in [0.4, 0.5) is 0 Å². The van der Waals surface area contributed by atoms with Crippen LogP contribution in [0.25, 0.3) is 0 Å². The van der Waals surface area contributed by atoms with Crippen molar-refractivity contribution in [2.24, 2.45) is 0 Å². The largest absolute Gasteiger partial charge is 0.166 e. The fraction of sp³-hybridized carbons (Fsp3) is 0.625. The molecule has 0 N–H and O–H groups in total. The van der Waals surface area contributed by atoms with Crippen LogP contribution in [-0.2, 0) is 30.2 Å². The third-order valence-electron chi connectivity index (χ3n) is 10.4. The van der Waals surface area contributed by atoms with Crippen LogP contribution in [-0.4, -0.2) is 0 Å². The second kappa shape index (κ2) is 27.7. The van der Waals surface area contributed by atoms with Crippen molar-refractivity contribution in [2.75, 3.05) is 0 Å². The van der Waals surface area contributed by atoms with E-state index in [1.54, 1.807) is 0 Å². The lowest BCUT2D eigenvalue weighted by molar-refractivity contribution is 0.575. The minimum absolute atomic E-state index is 0.0787. The van der Waals surface area contributed by atoms with Crippen molar-refractivity contribution in [3.63, 3.8) is 0 Å². The number of rotatable bonds is 30. The maximum absolute atomic E-state index is 2.44. The molecule has 0 spiro atoms. The van der Waals surface area contributed by atoms with Crippen LogP contribution in [0.5, 0.6) is 0 Å². The van der Waals surface area contributed by atoms with Crippen LogP contribution in [0.15, 0.2) is 87.5 Å². The normalized spacial score (nSPS) is 11.5. The fourth-order valence-electron chi connectivity index (χ4n) is 7.17. The first kappa shape index (κ1) is 41.4. The summed E-state index contributed by atoms with van der Waals surface area (Å²) in [5, 5.41) is 0. The summed E-state index contributed by atoms with van der Waals surface area (Å²) in [5.41, 5.74) is 4.50. The van der Waals surface area contributed by atoms with Crippen LogP contribution in [0, 0.1) is 0 Å². The Morgan fingerprint density at radius 3 is 0.694 bits per heavy atom. The summed E-state index contributed by atoms with van der Waals surface area (Å²) in [6, 6.07) is 29.1. The zero-order chi connectivity index (χ0) is 34.6. The van der Waals surface area contributed by atoms with E-state index in [9.17, 15) is 0 Å². The first-order valence-corrected chi connectivity index (χ1v) is 22.5. The van der Waals surface area contributed by atoms with E-state index in [4.69, 9.17) is 0 Å². The molecule has 272 valence electrons. The minimum atomic E-state index is -0.0787. The van der Waals surface area contributed by atoms with E-state index >= 15 is 0 Å². The van der Waals surface area contributed by atoms with Gasteiger partial charge in [-0.2, -0.15) is 0 Å². The number of benzene rings is 3. The molecule has 1 heteroatoms. The van der Waals surface area contributed by atoms with Gasteiger partial charge in [-0.05, 0) is 91.6 Å². The highest BCUT2D eigenvalue weighted by Gasteiger charge is 2.28. The molecule has 49 heavy (non-hydrogen) atoms. The number of hydrogen-bond donors (Lipinski definition) is 0. The highest BCUT2D eigenvalue weighted by molar-refractivity contribution is 7.97. The van der Waals surface area contributed by atoms with Crippen molar-refractivity contribution in [3.05, 3.63) is 89.5 Å². The molecule has 0 saturated carbocycles. The Labute approximate surface area is 308 Å². The molecule has 0 aliphatic rings. The molecule has 0 aliphatic carbocycles. The van der Waals surface area contributed by atoms with Gasteiger partial charge < -0.3 is 0 Å². The third kappa shape index (κ3) is 18.2. The van der Waals surface area contributed by atoms with Gasteiger partial charge in [0.2, 0.25) is 0 Å². The molecular weight excluding hydrogens is 609 g/mol. The molecule has 0 bridgehead atoms. The van der Waals surface area contributed by atoms with Gasteiger partial charge in [-0.15, -0.1) is 0 Å². The smallest absolute Gasteiger partial charge is 0.0654 e. The van der Waals surface area contributed by atoms with E-state index in [2.05, 4.69) is 93.6 Å². The second-order valence-electron chi connectivity index (χ2n) is 14.9. The lowest BCUT2D eigenvalue weighted by atomic mass is 10.0. The van der Waals surface area contributed by atoms with Gasteiger partial charge in [0.25, 0.3) is 0 Å². The molecule has 0 radical (unpaired) electrons. The summed E-state index contributed by atoms with van der Waals surface area (Å²) in [5.74, 6) is 0. The van der Waals surface area contributed by atoms with Gasteiger partial charge in [0, 0.05) is 0 Å². The molecule has 0 fully saturated rings. The summed E-state index contributed by atoms with van der Waals surface area (Å²) < 4.78 is 0. The fourth-order valence-corrected chi connectivity index (χ4v) is 9.22. The molecule has 3 aromatic rings. The molecule has 0 saturated heterocycles. The topological polar surface area (TPSA) is 0 Å². The van der Waals surface area contributed by atoms with Gasteiger partial charge in [-0.1, -0.05) is 192 Å². The molecule has 0 unspecified atom stereocenters. The van der Waals surface area contributed by atoms with Crippen LogP contribution in [0.3, 0.4) is 0 Å². The lowest BCUT2D eigenvalue weighted by Crippen LogP contribution is -2.05. The van der Waals surface area contributed by atoms with Crippen molar-refractivity contribution < 1.29 is 0 Å². The Kier molecular flexibility index (Phi) is 23.4. The van der Waals surface area contributed by atoms with Gasteiger partial charge in [-0.25, -0.2) is 0 Å². The average molecular weight is 684 g/mol. The predicted molar refractivity (Wildman–Crippen MR) is 220 cm³/mol. The molecule has 3 rings (SSSR count). The Hall–Kier alpha value is -1.99. The van der Waals surface area contributed by atoms with E-state index in [1.165, 1.54) is 205 Å². The summed E-state index contributed by atoms with van der Waals surface area (Å²) in [4.78, 5) is 4.35. The van der Waals surface area contributed by atoms with Gasteiger partial charge in [0.15, 0.2) is 14.7 Å². The predicted octanol–water partition coefficient (Wildman–Crippen LogP) is 15.8. The van der Waals surface area contributed by atoms with Gasteiger partial charge in [-0.3, -0.25) is 0 Å². The number of unbranched alkanes of at least 4 members (excludes halogenated alkanes) is 21. The number of aryl methyl sites for hydroxylation is 3. The van der Waals surface area contributed by atoms with E-state index in [0.29, 0.717) is 0 Å². The highest BCUT2D eigenvalue weighted by Crippen LogP contribution is 2.32. The molecule has 0 aromatic heterocycles. The van der Waals surface area contributed by atoms with E-state index in [0.717, 1.165) is 0 Å². The quantitative estimate of drug-likeness (QED) is 0.0485. The van der Waals surface area contributed by atoms with Crippen LogP contribution < -0.4 is 0 Å². The van der Waals surface area contributed by atoms with Crippen molar-refractivity contribution in [1.29, 1.82) is 0 Å². The van der Waals surface area contributed by atoms with Crippen molar-refractivity contribution >= 4 is 10.9 Å². The maximum Gasteiger partial charge on any atom is 0.166 e. The molecule has 0 heterocycles. The zero-order valence-corrected chi connectivity index (χ0v) is 33.2. The average Bonchev–Trinajstić information content (AvgIpc) is 3.13. The summed E-state index contributed by atoms with van der Waals surface area (Å²) in [6.45, 7) is 6.91. The number of hydrogen-bond acceptors (Lipinski definition) is 0. The summed E-state index contributed by atoms with van der Waals surface area (Å²) in [7, 11) is -0.0787. The zero-order valence-electron chi connectivity index (χ0n) is 32.4. The van der Waals surface area contributed by atoms with Gasteiger partial charge in [0.05, 0.1) is 10.9 Å². The standard InChI is InChI=1S/C48H75S/c1-4-7-10-13-16-19-22-25-28-43-31-37-46(38-32-43)49(47-39-33-44(34-40-47)29-26-23-20-17-14-11-8-5-2)48-41-35-45(36-42-48)30-27-24-21-18-15-12-9-6-3/h31-42H,4-30H2,1-3H3/q+1. The summed E-state index contributed by atoms with van der Waals surface area (Å²) >= 11 is 0. The molecule has 0 nitrogen and oxygen atoms in total. The first-order valence-electron chi connectivity index (χ1n) is 21.3. The maximum atomic E-state index is 2.44. The van der Waals surface area contributed by atoms with Gasteiger partial charge >= 0.3 is 0 Å². The first-order chi connectivity index (χ1) is 24.2. The Bertz CT molecular complexity index is 1010. The molecule has 0 atom stereocenters. The second-order valence-corrected chi connectivity index (χ2v) is 16.9. The lowest BCUT2D eigenvalue weighted by Gasteiger charge is -2.11. The van der Waals surface area contributed by atoms with Crippen molar-refractivity contribution in [2.45, 2.75) is 209 Å². The van der Waals surface area contributed by atoms with Crippen LogP contribution in [0.2, 0.25) is 0 Å². The monoisotopic (exact) mass is 684 g/mol. The Morgan fingerprint density at radius 2 is 0.469 bits per heavy atom. The molecule has 0 amide bonds. The van der Waals surface area contributed by atoms with E-state index < -0.39 is 0 Å². The van der Waals surface area contributed by atoms with Crippen LogP contribution in [0.1, 0.15) is 192 Å². The van der Waals surface area contributed by atoms with Crippen LogP contribution >= 0.6 is 0 Å². The van der Waals surface area contributed by atoms with Crippen molar-refractivity contribution in [1.82, 2.24) is 0 Å². The van der Waals surface area contributed by atoms with Crippen molar-refractivity contribution in [3.8, 4) is 0 Å². The molecule has 3 aromatic carbocycles. The van der Waals surface area contributed by atoms with Gasteiger partial charge in [0.1, 0.15) is 0 Å². The highest BCUT2D eigenvalue weighted by atomic mass is 32.2. The Balaban J connectivity index is 1.58. The molecular formula is C48H75S+. The van der Waals surface area contributed by atoms with E-state index in [1.807, 2.05) is 0 Å².